The summed E-state index contributed by atoms with van der Waals surface area (Å²) in [5.41, 5.74) is -3.53. The van der Waals surface area contributed by atoms with Crippen molar-refractivity contribution in [1.82, 2.24) is 20.3 Å². The molecule has 0 saturated carbocycles. The molecule has 4 N–H and O–H groups in total. The Hall–Kier alpha value is -5.84. The summed E-state index contributed by atoms with van der Waals surface area (Å²) in [7, 11) is -11.1. The number of ether oxygens (including phenoxy) is 2. The van der Waals surface area contributed by atoms with Gasteiger partial charge < -0.3 is 30.3 Å². The molecule has 0 bridgehead atoms. The van der Waals surface area contributed by atoms with Crippen molar-refractivity contribution < 1.29 is 53.9 Å². The lowest BCUT2D eigenvalue weighted by Gasteiger charge is -2.42. The third-order valence-electron chi connectivity index (χ3n) is 12.8. The number of morpholine rings is 1. The summed E-state index contributed by atoms with van der Waals surface area (Å²) >= 11 is 8.48. The van der Waals surface area contributed by atoms with Crippen LogP contribution in [0.1, 0.15) is 68.4 Å². The second-order valence-corrected chi connectivity index (χ2v) is 24.6. The molecule has 7 rings (SSSR count). The van der Waals surface area contributed by atoms with Gasteiger partial charge in [-0.05, 0) is 118 Å². The van der Waals surface area contributed by atoms with Crippen LogP contribution in [0.2, 0.25) is 5.02 Å². The average Bonchev–Trinajstić information content (AvgIpc) is 3.39. The van der Waals surface area contributed by atoms with Gasteiger partial charge in [0.15, 0.2) is 0 Å². The van der Waals surface area contributed by atoms with Crippen molar-refractivity contribution in [3.8, 4) is 11.1 Å². The van der Waals surface area contributed by atoms with Gasteiger partial charge in [-0.1, -0.05) is 72.3 Å². The number of nitrogens with one attached hydrogen (secondary N) is 4. The van der Waals surface area contributed by atoms with Crippen molar-refractivity contribution in [2.75, 3.05) is 68.5 Å². The first kappa shape index (κ1) is 57.9. The number of alkyl carbamates (subject to hydrolysis) is 1. The van der Waals surface area contributed by atoms with E-state index >= 15 is 0 Å². The molecule has 0 aromatic heterocycles. The second-order valence-electron chi connectivity index (χ2n) is 19.5. The number of piperidine rings is 1. The number of amides is 3. The van der Waals surface area contributed by atoms with Crippen LogP contribution < -0.4 is 25.6 Å². The summed E-state index contributed by atoms with van der Waals surface area (Å²) in [5, 5.41) is 9.16. The Balaban J connectivity index is 1.09. The van der Waals surface area contributed by atoms with Crippen LogP contribution in [0.4, 0.5) is 29.3 Å². The number of halogens is 4. The number of nitrogens with zero attached hydrogens (tertiary/aromatic N) is 2. The fraction of sp³-hybridized carbons (Fsp3) is 0.389. The quantitative estimate of drug-likeness (QED) is 0.0539. The first-order valence-corrected chi connectivity index (χ1v) is 29.1. The van der Waals surface area contributed by atoms with Crippen molar-refractivity contribution >= 4 is 72.5 Å². The largest absolute Gasteiger partial charge is 0.501 e. The summed E-state index contributed by atoms with van der Waals surface area (Å²) in [5.74, 6) is -1.07. The van der Waals surface area contributed by atoms with E-state index in [1.807, 2.05) is 98.3 Å². The van der Waals surface area contributed by atoms with E-state index in [2.05, 4.69) is 25.8 Å². The summed E-state index contributed by atoms with van der Waals surface area (Å²) in [6.07, 6.45) is 0.936. The molecule has 3 amide bonds. The summed E-state index contributed by atoms with van der Waals surface area (Å²) in [6.45, 7) is 9.05. The highest BCUT2D eigenvalue weighted by Gasteiger charge is 2.48. The Morgan fingerprint density at radius 3 is 2.21 bits per heavy atom. The number of rotatable bonds is 20. The fourth-order valence-electron chi connectivity index (χ4n) is 8.95. The third-order valence-corrected chi connectivity index (χ3v) is 17.2. The molecular weight excluding hydrogens is 1070 g/mol. The predicted molar refractivity (Wildman–Crippen MR) is 289 cm³/mol. The molecule has 2 fully saturated rings. The summed E-state index contributed by atoms with van der Waals surface area (Å²) < 4.78 is 110. The first-order chi connectivity index (χ1) is 36.1. The van der Waals surface area contributed by atoms with E-state index < -0.39 is 64.4 Å². The molecule has 2 saturated heterocycles. The van der Waals surface area contributed by atoms with Crippen LogP contribution in [0.15, 0.2) is 136 Å². The highest BCUT2D eigenvalue weighted by atomic mass is 35.5. The lowest BCUT2D eigenvalue weighted by atomic mass is 9.83. The normalized spacial score (nSPS) is 17.1. The molecular formula is C54H62ClF3N6O9S3. The second kappa shape index (κ2) is 25.5. The lowest BCUT2D eigenvalue weighted by molar-refractivity contribution is -0.122. The van der Waals surface area contributed by atoms with Crippen LogP contribution in [0, 0.1) is 5.92 Å². The van der Waals surface area contributed by atoms with Crippen molar-refractivity contribution in [3.05, 3.63) is 137 Å². The maximum Gasteiger partial charge on any atom is 0.501 e. The van der Waals surface area contributed by atoms with Crippen LogP contribution in [0.5, 0.6) is 0 Å². The fourth-order valence-corrected chi connectivity index (χ4v) is 12.3. The number of carbonyl (C=O) groups is 3. The molecule has 0 aliphatic carbocycles. The number of thioether (sulfide) groups is 1. The molecule has 2 aliphatic heterocycles. The van der Waals surface area contributed by atoms with Gasteiger partial charge in [0.2, 0.25) is 5.91 Å². The molecule has 0 radical (unpaired) electrons. The van der Waals surface area contributed by atoms with E-state index in [-0.39, 0.29) is 36.5 Å². The zero-order chi connectivity index (χ0) is 54.7. The Morgan fingerprint density at radius 2 is 1.54 bits per heavy atom. The minimum absolute atomic E-state index is 0.0117. The number of carbonyl (C=O) groups excluding carboxylic acids is 3. The van der Waals surface area contributed by atoms with Crippen LogP contribution >= 0.6 is 23.4 Å². The van der Waals surface area contributed by atoms with E-state index in [1.54, 1.807) is 18.2 Å². The number of hydrogen-bond donors (Lipinski definition) is 4. The monoisotopic (exact) mass is 1130 g/mol. The Labute approximate surface area is 451 Å². The van der Waals surface area contributed by atoms with E-state index in [4.69, 9.17) is 21.1 Å². The zero-order valence-electron chi connectivity index (χ0n) is 42.3. The van der Waals surface area contributed by atoms with Gasteiger partial charge in [-0.15, -0.1) is 11.8 Å². The van der Waals surface area contributed by atoms with Gasteiger partial charge >= 0.3 is 11.6 Å². The highest BCUT2D eigenvalue weighted by molar-refractivity contribution is 7.99. The van der Waals surface area contributed by atoms with Crippen molar-refractivity contribution in [3.63, 3.8) is 0 Å². The molecule has 408 valence electrons. The van der Waals surface area contributed by atoms with Gasteiger partial charge in [-0.2, -0.15) is 13.2 Å². The number of anilines is 2. The molecule has 5 aromatic carbocycles. The number of sulfonamides is 1. The van der Waals surface area contributed by atoms with Crippen molar-refractivity contribution in [2.45, 2.75) is 84.3 Å². The molecule has 15 nitrogen and oxygen atoms in total. The van der Waals surface area contributed by atoms with E-state index in [0.717, 1.165) is 33.7 Å². The van der Waals surface area contributed by atoms with Gasteiger partial charge in [-0.3, -0.25) is 14.5 Å². The Bertz CT molecular complexity index is 3020. The molecule has 2 aliphatic rings. The molecule has 22 heteroatoms. The van der Waals surface area contributed by atoms with Crippen LogP contribution in [0.25, 0.3) is 11.1 Å². The maximum absolute atomic E-state index is 14.3. The van der Waals surface area contributed by atoms with Crippen LogP contribution in [-0.2, 0) is 34.1 Å². The highest BCUT2D eigenvalue weighted by Crippen LogP contribution is 2.44. The smallest absolute Gasteiger partial charge is 0.449 e. The van der Waals surface area contributed by atoms with Gasteiger partial charge in [0.1, 0.15) is 11.5 Å². The molecule has 5 aromatic rings. The number of alkyl halides is 3. The number of benzene rings is 5. The van der Waals surface area contributed by atoms with Gasteiger partial charge in [0.25, 0.3) is 25.8 Å². The molecule has 2 heterocycles. The molecule has 0 spiro atoms. The third kappa shape index (κ3) is 15.6. The van der Waals surface area contributed by atoms with E-state index in [9.17, 15) is 44.4 Å². The van der Waals surface area contributed by atoms with Gasteiger partial charge in [-0.25, -0.2) is 26.4 Å². The minimum Gasteiger partial charge on any atom is -0.449 e. The Morgan fingerprint density at radius 1 is 0.855 bits per heavy atom. The molecule has 76 heavy (non-hydrogen) atoms. The van der Waals surface area contributed by atoms with E-state index in [1.165, 1.54) is 23.9 Å². The molecule has 0 unspecified atom stereocenters. The van der Waals surface area contributed by atoms with Crippen molar-refractivity contribution in [1.29, 1.82) is 0 Å². The topological polar surface area (TPSA) is 193 Å². The van der Waals surface area contributed by atoms with Crippen molar-refractivity contribution in [2.24, 2.45) is 5.92 Å². The zero-order valence-corrected chi connectivity index (χ0v) is 45.5. The van der Waals surface area contributed by atoms with Gasteiger partial charge in [0.05, 0.1) is 36.3 Å². The van der Waals surface area contributed by atoms with Gasteiger partial charge in [0, 0.05) is 76.8 Å². The minimum atomic E-state index is -6.12. The lowest BCUT2D eigenvalue weighted by Crippen LogP contribution is -2.42. The standard InChI is InChI=1S/C54H62ClF3N6O9S3/c1-53(2,3)61-52(67)73-30-25-49(65)59-35-37-23-27-64(47(33-37)50-44(15-10-16-45(50)55)38-11-6-4-7-12-38)41-19-17-39(18-20-41)51(66)62-76(70,71)43-21-22-46(48(34-43)75(68,69)54(56,57)58)60-40(24-26-63-28-31-72-32-29-63)36-74-42-13-8-5-9-14-42/h4-22,34,37,40,47,60H,23-33,35-36H2,1-3H3,(H,59,65)(H,61,67)(H,62,66)/t37-,40-,47-/m1/s1. The first-order valence-electron chi connectivity index (χ1n) is 24.8. The summed E-state index contributed by atoms with van der Waals surface area (Å²) in [4.78, 5) is 41.7. The van der Waals surface area contributed by atoms with Crippen LogP contribution in [0.3, 0.4) is 0 Å². The summed E-state index contributed by atoms with van der Waals surface area (Å²) in [6, 6.07) is 32.2. The van der Waals surface area contributed by atoms with Crippen LogP contribution in [-0.4, -0.2) is 115 Å². The molecule has 3 atom stereocenters. The van der Waals surface area contributed by atoms with E-state index in [0.29, 0.717) is 87.7 Å². The average molecular weight is 1130 g/mol. The maximum atomic E-state index is 14.3. The predicted octanol–water partition coefficient (Wildman–Crippen LogP) is 9.70. The number of sulfone groups is 1. The SMILES string of the molecule is CC(C)(C)NC(=O)OCCC(=O)NC[C@@H]1CCN(c2ccc(C(=O)NS(=O)(=O)c3ccc(N[C@H](CCN4CCOCC4)CSc4ccccc4)c(S(=O)(=O)C(F)(F)F)c3)cc2)[C@@H](c2c(Cl)cccc2-c2ccccc2)C1. The Kier molecular flexibility index (Phi) is 19.4. The number of hydrogen-bond acceptors (Lipinski definition) is 13.